The van der Waals surface area contributed by atoms with E-state index in [0.717, 1.165) is 11.6 Å². The molecule has 0 aliphatic rings. The molecule has 0 rings (SSSR count). The van der Waals surface area contributed by atoms with Crippen molar-refractivity contribution in [2.45, 2.75) is 59.9 Å². The molecule has 0 aliphatic heterocycles. The van der Waals surface area contributed by atoms with Gasteiger partial charge in [0.05, 0.1) is 0 Å². The zero-order chi connectivity index (χ0) is 14.0. The van der Waals surface area contributed by atoms with E-state index in [2.05, 4.69) is 64.7 Å². The molecule has 0 saturated heterocycles. The third-order valence-electron chi connectivity index (χ3n) is 3.52. The molecule has 0 amide bonds. The van der Waals surface area contributed by atoms with E-state index in [-0.39, 0.29) is 0 Å². The summed E-state index contributed by atoms with van der Waals surface area (Å²) in [4.78, 5) is 0. The molecule has 0 aromatic heterocycles. The first kappa shape index (κ1) is 17.0. The van der Waals surface area contributed by atoms with Crippen LogP contribution in [-0.4, -0.2) is 6.04 Å². The summed E-state index contributed by atoms with van der Waals surface area (Å²) in [7, 11) is 0. The predicted molar refractivity (Wildman–Crippen MR) is 83.5 cm³/mol. The van der Waals surface area contributed by atoms with E-state index in [9.17, 15) is 0 Å². The van der Waals surface area contributed by atoms with Crippen molar-refractivity contribution in [3.8, 4) is 0 Å². The van der Waals surface area contributed by atoms with Gasteiger partial charge in [-0.2, -0.15) is 0 Å². The zero-order valence-corrected chi connectivity index (χ0v) is 12.9. The molecule has 1 nitrogen and oxygen atoms in total. The first-order chi connectivity index (χ1) is 8.51. The van der Waals surface area contributed by atoms with Gasteiger partial charge in [-0.15, -0.1) is 0 Å². The summed E-state index contributed by atoms with van der Waals surface area (Å²) >= 11 is 0. The number of hydrogen-bond donors (Lipinski definition) is 1. The Bertz CT molecular complexity index is 275. The maximum Gasteiger partial charge on any atom is 0.0269 e. The largest absolute Gasteiger partial charge is 0.383 e. The van der Waals surface area contributed by atoms with E-state index in [1.54, 1.807) is 0 Å². The zero-order valence-electron chi connectivity index (χ0n) is 12.9. The summed E-state index contributed by atoms with van der Waals surface area (Å²) in [6.45, 7) is 15.2. The van der Waals surface area contributed by atoms with E-state index in [4.69, 9.17) is 0 Å². The van der Waals surface area contributed by atoms with Gasteiger partial charge in [-0.3, -0.25) is 0 Å². The molecular formula is C17H31N. The Morgan fingerprint density at radius 3 is 2.39 bits per heavy atom. The lowest BCUT2D eigenvalue weighted by molar-refractivity contribution is 0.446. The monoisotopic (exact) mass is 249 g/mol. The molecular weight excluding hydrogens is 218 g/mol. The van der Waals surface area contributed by atoms with Crippen molar-refractivity contribution >= 4 is 0 Å². The van der Waals surface area contributed by atoms with Crippen molar-refractivity contribution < 1.29 is 0 Å². The van der Waals surface area contributed by atoms with Gasteiger partial charge in [-0.1, -0.05) is 65.3 Å². The van der Waals surface area contributed by atoms with E-state index < -0.39 is 0 Å². The Hall–Kier alpha value is -0.980. The molecule has 3 atom stereocenters. The van der Waals surface area contributed by atoms with E-state index in [1.807, 2.05) is 6.08 Å². The van der Waals surface area contributed by atoms with Gasteiger partial charge in [0.25, 0.3) is 0 Å². The van der Waals surface area contributed by atoms with Crippen LogP contribution in [0, 0.1) is 11.8 Å². The lowest BCUT2D eigenvalue weighted by Gasteiger charge is -2.14. The fourth-order valence-corrected chi connectivity index (χ4v) is 1.84. The van der Waals surface area contributed by atoms with Crippen LogP contribution >= 0.6 is 0 Å². The minimum Gasteiger partial charge on any atom is -0.383 e. The molecule has 0 aliphatic carbocycles. The van der Waals surface area contributed by atoms with Crippen LogP contribution in [-0.2, 0) is 0 Å². The maximum absolute atomic E-state index is 4.01. The summed E-state index contributed by atoms with van der Waals surface area (Å²) in [6, 6.07) is 0.509. The first-order valence-corrected chi connectivity index (χ1v) is 7.31. The molecule has 3 unspecified atom stereocenters. The van der Waals surface area contributed by atoms with Crippen LogP contribution < -0.4 is 5.32 Å². The standard InChI is InChI=1S/C17H31N/c1-7-11-16(5)18-17(6)13-10-9-12-15(4)14(3)8-2/h9-10,12-16,18H,6-8,11H2,1-5H3/b12-9-,13-10-. The molecule has 0 aromatic carbocycles. The highest BCUT2D eigenvalue weighted by molar-refractivity contribution is 5.18. The lowest BCUT2D eigenvalue weighted by atomic mass is 9.93. The average molecular weight is 249 g/mol. The van der Waals surface area contributed by atoms with Gasteiger partial charge >= 0.3 is 0 Å². The third-order valence-corrected chi connectivity index (χ3v) is 3.52. The molecule has 0 fully saturated rings. The molecule has 0 heterocycles. The van der Waals surface area contributed by atoms with Crippen LogP contribution in [0.5, 0.6) is 0 Å². The highest BCUT2D eigenvalue weighted by Gasteiger charge is 2.04. The minimum atomic E-state index is 0.509. The van der Waals surface area contributed by atoms with Crippen LogP contribution in [0.4, 0.5) is 0 Å². The summed E-state index contributed by atoms with van der Waals surface area (Å²) in [5.41, 5.74) is 0.997. The topological polar surface area (TPSA) is 12.0 Å². The first-order valence-electron chi connectivity index (χ1n) is 7.31. The smallest absolute Gasteiger partial charge is 0.0269 e. The fourth-order valence-electron chi connectivity index (χ4n) is 1.84. The Morgan fingerprint density at radius 2 is 1.83 bits per heavy atom. The van der Waals surface area contributed by atoms with Crippen LogP contribution in [0.1, 0.15) is 53.9 Å². The van der Waals surface area contributed by atoms with Gasteiger partial charge in [0.2, 0.25) is 0 Å². The maximum atomic E-state index is 4.01. The molecule has 0 radical (unpaired) electrons. The van der Waals surface area contributed by atoms with Crippen molar-refractivity contribution in [1.29, 1.82) is 0 Å². The molecule has 104 valence electrons. The van der Waals surface area contributed by atoms with Gasteiger partial charge in [0, 0.05) is 11.7 Å². The second kappa shape index (κ2) is 9.99. The molecule has 1 N–H and O–H groups in total. The van der Waals surface area contributed by atoms with Gasteiger partial charge in [-0.25, -0.2) is 0 Å². The van der Waals surface area contributed by atoms with Crippen molar-refractivity contribution in [2.75, 3.05) is 0 Å². The van der Waals surface area contributed by atoms with E-state index in [0.29, 0.717) is 12.0 Å². The van der Waals surface area contributed by atoms with Crippen molar-refractivity contribution in [1.82, 2.24) is 5.32 Å². The molecule has 0 aromatic rings. The van der Waals surface area contributed by atoms with Crippen LogP contribution in [0.25, 0.3) is 0 Å². The van der Waals surface area contributed by atoms with Gasteiger partial charge in [0.1, 0.15) is 0 Å². The number of rotatable bonds is 9. The number of nitrogens with one attached hydrogen (secondary N) is 1. The SMILES string of the molecule is C=C(/C=C\C=C/C(C)C(C)CC)NC(C)CCC. The Kier molecular flexibility index (Phi) is 9.45. The van der Waals surface area contributed by atoms with E-state index in [1.165, 1.54) is 19.3 Å². The highest BCUT2D eigenvalue weighted by Crippen LogP contribution is 2.15. The number of hydrogen-bond acceptors (Lipinski definition) is 1. The second-order valence-electron chi connectivity index (χ2n) is 5.35. The van der Waals surface area contributed by atoms with Crippen LogP contribution in [0.3, 0.4) is 0 Å². The van der Waals surface area contributed by atoms with E-state index >= 15 is 0 Å². The quantitative estimate of drug-likeness (QED) is 0.562. The molecule has 18 heavy (non-hydrogen) atoms. The van der Waals surface area contributed by atoms with Crippen LogP contribution in [0.15, 0.2) is 36.6 Å². The van der Waals surface area contributed by atoms with Gasteiger partial charge in [-0.05, 0) is 31.3 Å². The summed E-state index contributed by atoms with van der Waals surface area (Å²) < 4.78 is 0. The van der Waals surface area contributed by atoms with Crippen molar-refractivity contribution in [3.05, 3.63) is 36.6 Å². The van der Waals surface area contributed by atoms with Crippen molar-refractivity contribution in [3.63, 3.8) is 0 Å². The van der Waals surface area contributed by atoms with Crippen LogP contribution in [0.2, 0.25) is 0 Å². The predicted octanol–water partition coefficient (Wildman–Crippen LogP) is 5.07. The summed E-state index contributed by atoms with van der Waals surface area (Å²) in [5.74, 6) is 1.39. The Labute approximate surface area is 114 Å². The normalized spacial score (nSPS) is 16.9. The third kappa shape index (κ3) is 8.16. The Morgan fingerprint density at radius 1 is 1.17 bits per heavy atom. The van der Waals surface area contributed by atoms with Crippen molar-refractivity contribution in [2.24, 2.45) is 11.8 Å². The Balaban J connectivity index is 4.01. The molecule has 0 bridgehead atoms. The minimum absolute atomic E-state index is 0.509. The average Bonchev–Trinajstić information content (AvgIpc) is 2.33. The van der Waals surface area contributed by atoms with Gasteiger partial charge in [0.15, 0.2) is 0 Å². The summed E-state index contributed by atoms with van der Waals surface area (Å²) in [5, 5.41) is 3.39. The van der Waals surface area contributed by atoms with Gasteiger partial charge < -0.3 is 5.32 Å². The number of allylic oxidation sites excluding steroid dienone is 4. The second-order valence-corrected chi connectivity index (χ2v) is 5.35. The lowest BCUT2D eigenvalue weighted by Crippen LogP contribution is -2.23. The molecule has 0 spiro atoms. The molecule has 0 saturated carbocycles. The summed E-state index contributed by atoms with van der Waals surface area (Å²) in [6.07, 6.45) is 12.2. The fraction of sp³-hybridized carbons (Fsp3) is 0.647. The highest BCUT2D eigenvalue weighted by atomic mass is 14.9. The molecule has 1 heteroatoms.